The maximum Gasteiger partial charge on any atom is 0.165 e. The molecule has 3 rings (SSSR count). The number of ether oxygens (including phenoxy) is 1. The molecule has 1 unspecified atom stereocenters. The summed E-state index contributed by atoms with van der Waals surface area (Å²) in [5.74, 6) is -0.264. The van der Waals surface area contributed by atoms with Crippen LogP contribution in [0, 0.1) is 5.82 Å². The van der Waals surface area contributed by atoms with Crippen molar-refractivity contribution in [3.8, 4) is 11.5 Å². The molecular weight excluding hydrogens is 393 g/mol. The van der Waals surface area contributed by atoms with Gasteiger partial charge in [-0.25, -0.2) is 4.39 Å². The van der Waals surface area contributed by atoms with E-state index in [1.807, 2.05) is 30.3 Å². The van der Waals surface area contributed by atoms with Gasteiger partial charge in [-0.05, 0) is 73.2 Å². The van der Waals surface area contributed by atoms with Gasteiger partial charge in [0.25, 0.3) is 0 Å². The topological polar surface area (TPSA) is 61.7 Å². The highest BCUT2D eigenvalue weighted by Gasteiger charge is 2.10. The van der Waals surface area contributed by atoms with Crippen LogP contribution in [0.5, 0.6) is 11.5 Å². The first kappa shape index (κ1) is 22.8. The van der Waals surface area contributed by atoms with Gasteiger partial charge >= 0.3 is 0 Å². The van der Waals surface area contributed by atoms with Crippen LogP contribution in [-0.4, -0.2) is 29.9 Å². The minimum atomic E-state index is -0.826. The van der Waals surface area contributed by atoms with Gasteiger partial charge < -0.3 is 20.3 Å². The van der Waals surface area contributed by atoms with E-state index in [4.69, 9.17) is 4.74 Å². The zero-order valence-electron chi connectivity index (χ0n) is 17.6. The normalized spacial score (nSPS) is 11.9. The van der Waals surface area contributed by atoms with Crippen molar-refractivity contribution >= 4 is 0 Å². The zero-order valence-corrected chi connectivity index (χ0v) is 17.6. The van der Waals surface area contributed by atoms with Crippen LogP contribution in [0.1, 0.15) is 35.6 Å². The van der Waals surface area contributed by atoms with Gasteiger partial charge in [0.2, 0.25) is 0 Å². The minimum Gasteiger partial charge on any atom is -0.505 e. The summed E-state index contributed by atoms with van der Waals surface area (Å²) in [6.45, 7) is 1.72. The summed E-state index contributed by atoms with van der Waals surface area (Å²) in [5.41, 5.74) is 2.98. The molecule has 0 aromatic heterocycles. The lowest BCUT2D eigenvalue weighted by molar-refractivity contribution is 0.174. The Morgan fingerprint density at radius 1 is 0.871 bits per heavy atom. The van der Waals surface area contributed by atoms with Crippen molar-refractivity contribution in [1.82, 2.24) is 5.32 Å². The van der Waals surface area contributed by atoms with Gasteiger partial charge in [-0.3, -0.25) is 0 Å². The smallest absolute Gasteiger partial charge is 0.165 e. The molecule has 0 fully saturated rings. The molecule has 4 nitrogen and oxygen atoms in total. The third-order valence-electron chi connectivity index (χ3n) is 5.18. The maximum atomic E-state index is 13.4. The molecule has 0 radical (unpaired) electrons. The van der Waals surface area contributed by atoms with Gasteiger partial charge in [0, 0.05) is 6.54 Å². The minimum absolute atomic E-state index is 0.314. The van der Waals surface area contributed by atoms with Crippen molar-refractivity contribution in [3.05, 3.63) is 95.3 Å². The summed E-state index contributed by atoms with van der Waals surface area (Å²) in [7, 11) is 0. The van der Waals surface area contributed by atoms with Gasteiger partial charge in [-0.1, -0.05) is 48.5 Å². The number of aliphatic hydroxyl groups excluding tert-OH is 1. The molecule has 0 saturated carbocycles. The van der Waals surface area contributed by atoms with E-state index >= 15 is 0 Å². The van der Waals surface area contributed by atoms with Gasteiger partial charge in [0.15, 0.2) is 11.6 Å². The quantitative estimate of drug-likeness (QED) is 0.366. The highest BCUT2D eigenvalue weighted by molar-refractivity contribution is 5.29. The fourth-order valence-corrected chi connectivity index (χ4v) is 3.34. The van der Waals surface area contributed by atoms with Crippen molar-refractivity contribution in [2.75, 3.05) is 19.7 Å². The van der Waals surface area contributed by atoms with Crippen LogP contribution in [0.3, 0.4) is 0 Å². The first-order chi connectivity index (χ1) is 15.1. The van der Waals surface area contributed by atoms with Crippen LogP contribution < -0.4 is 10.1 Å². The van der Waals surface area contributed by atoms with Gasteiger partial charge in [0.1, 0.15) is 5.75 Å². The van der Waals surface area contributed by atoms with Crippen LogP contribution in [-0.2, 0) is 12.8 Å². The monoisotopic (exact) mass is 423 g/mol. The summed E-state index contributed by atoms with van der Waals surface area (Å²) in [5, 5.41) is 22.5. The third kappa shape index (κ3) is 7.70. The second kappa shape index (κ2) is 12.1. The Labute approximate surface area is 183 Å². The van der Waals surface area contributed by atoms with Crippen molar-refractivity contribution in [1.29, 1.82) is 0 Å². The molecule has 0 amide bonds. The lowest BCUT2D eigenvalue weighted by Gasteiger charge is -2.13. The predicted octanol–water partition coefficient (Wildman–Crippen LogP) is 4.80. The molecule has 5 heteroatoms. The molecule has 164 valence electrons. The Morgan fingerprint density at radius 3 is 2.35 bits per heavy atom. The first-order valence-corrected chi connectivity index (χ1v) is 10.7. The second-order valence-electron chi connectivity index (χ2n) is 7.62. The first-order valence-electron chi connectivity index (χ1n) is 10.7. The summed E-state index contributed by atoms with van der Waals surface area (Å²) in [6, 6.07) is 22.5. The molecule has 0 spiro atoms. The Morgan fingerprint density at radius 2 is 1.61 bits per heavy atom. The number of hydrogen-bond donors (Lipinski definition) is 3. The Hall–Kier alpha value is -2.89. The van der Waals surface area contributed by atoms with Crippen molar-refractivity contribution in [3.63, 3.8) is 0 Å². The van der Waals surface area contributed by atoms with E-state index in [1.54, 1.807) is 0 Å². The van der Waals surface area contributed by atoms with Gasteiger partial charge in [-0.15, -0.1) is 0 Å². The third-order valence-corrected chi connectivity index (χ3v) is 5.18. The summed E-state index contributed by atoms with van der Waals surface area (Å²) in [6.07, 6.45) is 3.19. The Bertz CT molecular complexity index is 916. The molecule has 1 atom stereocenters. The molecular formula is C26H30FNO3. The number of aliphatic hydroxyl groups is 1. The standard InChI is InChI=1S/C26H30FNO3/c27-24-18-22(11-14-25(24)29)26(30)19-28-16-15-21-9-12-23(13-10-21)31-17-5-4-8-20-6-2-1-3-7-20/h1-3,6-7,9-14,18,26,28-30H,4-5,8,15-17,19H2. The van der Waals surface area contributed by atoms with Crippen molar-refractivity contribution in [2.45, 2.75) is 31.8 Å². The number of benzene rings is 3. The number of aromatic hydroxyl groups is 1. The molecule has 0 heterocycles. The molecule has 0 aliphatic carbocycles. The molecule has 3 aromatic carbocycles. The molecule has 0 bridgehead atoms. The molecule has 31 heavy (non-hydrogen) atoms. The van der Waals surface area contributed by atoms with Crippen LogP contribution in [0.4, 0.5) is 4.39 Å². The SMILES string of the molecule is Oc1ccc(C(O)CNCCc2ccc(OCCCCc3ccccc3)cc2)cc1F. The summed E-state index contributed by atoms with van der Waals surface area (Å²) < 4.78 is 19.2. The van der Waals surface area contributed by atoms with E-state index in [1.165, 1.54) is 23.3 Å². The fraction of sp³-hybridized carbons (Fsp3) is 0.308. The van der Waals surface area contributed by atoms with Gasteiger partial charge in [-0.2, -0.15) is 0 Å². The van der Waals surface area contributed by atoms with Crippen LogP contribution in [0.25, 0.3) is 0 Å². The number of unbranched alkanes of at least 4 members (excludes halogenated alkanes) is 1. The number of hydrogen-bond acceptors (Lipinski definition) is 4. The Kier molecular flexibility index (Phi) is 8.88. The second-order valence-corrected chi connectivity index (χ2v) is 7.62. The van der Waals surface area contributed by atoms with Crippen LogP contribution in [0.2, 0.25) is 0 Å². The molecule has 3 aromatic rings. The lowest BCUT2D eigenvalue weighted by atomic mass is 10.1. The fourth-order valence-electron chi connectivity index (χ4n) is 3.34. The highest BCUT2D eigenvalue weighted by Crippen LogP contribution is 2.20. The van der Waals surface area contributed by atoms with Crippen molar-refractivity contribution in [2.24, 2.45) is 0 Å². The summed E-state index contributed by atoms with van der Waals surface area (Å²) in [4.78, 5) is 0. The average Bonchev–Trinajstić information content (AvgIpc) is 2.80. The van der Waals surface area contributed by atoms with Crippen LogP contribution in [0.15, 0.2) is 72.8 Å². The number of phenols is 1. The molecule has 0 aliphatic heterocycles. The lowest BCUT2D eigenvalue weighted by Crippen LogP contribution is -2.23. The van der Waals surface area contributed by atoms with Gasteiger partial charge in [0.05, 0.1) is 12.7 Å². The highest BCUT2D eigenvalue weighted by atomic mass is 19.1. The van der Waals surface area contributed by atoms with E-state index < -0.39 is 17.7 Å². The zero-order chi connectivity index (χ0) is 21.9. The van der Waals surface area contributed by atoms with Crippen molar-refractivity contribution < 1.29 is 19.3 Å². The number of nitrogens with one attached hydrogen (secondary N) is 1. The largest absolute Gasteiger partial charge is 0.505 e. The summed E-state index contributed by atoms with van der Waals surface area (Å²) >= 11 is 0. The average molecular weight is 424 g/mol. The number of rotatable bonds is 12. The van der Waals surface area contributed by atoms with E-state index in [0.29, 0.717) is 25.3 Å². The maximum absolute atomic E-state index is 13.4. The number of halogens is 1. The van der Waals surface area contributed by atoms with E-state index in [2.05, 4.69) is 29.6 Å². The number of phenolic OH excluding ortho intramolecular Hbond substituents is 1. The molecule has 0 saturated heterocycles. The molecule has 0 aliphatic rings. The van der Waals surface area contributed by atoms with Crippen LogP contribution >= 0.6 is 0 Å². The predicted molar refractivity (Wildman–Crippen MR) is 121 cm³/mol. The number of aryl methyl sites for hydroxylation is 1. The Balaban J connectivity index is 1.29. The van der Waals surface area contributed by atoms with E-state index in [-0.39, 0.29) is 0 Å². The van der Waals surface area contributed by atoms with E-state index in [9.17, 15) is 14.6 Å². The van der Waals surface area contributed by atoms with E-state index in [0.717, 1.165) is 37.5 Å². The molecule has 3 N–H and O–H groups in total.